The average molecular weight is 323 g/mol. The molecule has 0 bridgehead atoms. The van der Waals surface area contributed by atoms with Crippen molar-refractivity contribution in [1.82, 2.24) is 19.5 Å². The number of halogens is 1. The standard InChI is InChI=1S/C11H7BrN4O3/c1-16-4(2-12)15-7-8(16)10(18)6-5(9(7)17)11(19)14-3-13-6/h3H,2H2,1H3,(H,13,14,19). The summed E-state index contributed by atoms with van der Waals surface area (Å²) < 4.78 is 1.54. The first kappa shape index (κ1) is 12.0. The maximum Gasteiger partial charge on any atom is 0.262 e. The number of hydrogen-bond donors (Lipinski definition) is 1. The van der Waals surface area contributed by atoms with E-state index >= 15 is 0 Å². The first-order valence-corrected chi connectivity index (χ1v) is 6.47. The predicted octanol–water partition coefficient (Wildman–Crippen LogP) is 0.174. The molecule has 0 radical (unpaired) electrons. The molecule has 2 aromatic rings. The van der Waals surface area contributed by atoms with Crippen LogP contribution in [-0.4, -0.2) is 31.1 Å². The second-order valence-corrected chi connectivity index (χ2v) is 4.59. The lowest BCUT2D eigenvalue weighted by Gasteiger charge is -2.12. The zero-order valence-electron chi connectivity index (χ0n) is 9.73. The van der Waals surface area contributed by atoms with Crippen LogP contribution in [0.5, 0.6) is 0 Å². The number of aromatic nitrogens is 4. The summed E-state index contributed by atoms with van der Waals surface area (Å²) in [7, 11) is 1.64. The molecule has 96 valence electrons. The van der Waals surface area contributed by atoms with Crippen LogP contribution in [0.15, 0.2) is 11.1 Å². The van der Waals surface area contributed by atoms with Crippen LogP contribution in [0.25, 0.3) is 0 Å². The van der Waals surface area contributed by atoms with Gasteiger partial charge in [0.2, 0.25) is 11.6 Å². The van der Waals surface area contributed by atoms with E-state index in [1.165, 1.54) is 4.57 Å². The monoisotopic (exact) mass is 322 g/mol. The third kappa shape index (κ3) is 1.46. The first-order valence-electron chi connectivity index (χ1n) is 5.35. The van der Waals surface area contributed by atoms with Gasteiger partial charge in [-0.05, 0) is 0 Å². The number of carbonyl (C=O) groups excluding carboxylic acids is 2. The highest BCUT2D eigenvalue weighted by atomic mass is 79.9. The number of ketones is 2. The number of hydrogen-bond acceptors (Lipinski definition) is 5. The topological polar surface area (TPSA) is 97.7 Å². The first-order chi connectivity index (χ1) is 9.06. The lowest BCUT2D eigenvalue weighted by molar-refractivity contribution is 0.0966. The third-order valence-corrected chi connectivity index (χ3v) is 3.53. The van der Waals surface area contributed by atoms with Gasteiger partial charge >= 0.3 is 0 Å². The SMILES string of the molecule is Cn1c(CBr)nc2c1C(=O)c1nc[nH]c(=O)c1C2=O. The van der Waals surface area contributed by atoms with Crippen molar-refractivity contribution in [2.45, 2.75) is 5.33 Å². The van der Waals surface area contributed by atoms with Gasteiger partial charge in [0.05, 0.1) is 11.7 Å². The van der Waals surface area contributed by atoms with E-state index < -0.39 is 17.1 Å². The smallest absolute Gasteiger partial charge is 0.262 e. The minimum Gasteiger partial charge on any atom is -0.327 e. The molecule has 0 unspecified atom stereocenters. The Kier molecular flexibility index (Phi) is 2.49. The van der Waals surface area contributed by atoms with Crippen molar-refractivity contribution < 1.29 is 9.59 Å². The quantitative estimate of drug-likeness (QED) is 0.644. The van der Waals surface area contributed by atoms with E-state index in [4.69, 9.17) is 0 Å². The van der Waals surface area contributed by atoms with Crippen LogP contribution in [0.3, 0.4) is 0 Å². The Morgan fingerprint density at radius 1 is 1.26 bits per heavy atom. The van der Waals surface area contributed by atoms with E-state index in [-0.39, 0.29) is 22.6 Å². The molecule has 0 atom stereocenters. The minimum atomic E-state index is -0.625. The summed E-state index contributed by atoms with van der Waals surface area (Å²) in [6, 6.07) is 0. The molecule has 1 N–H and O–H groups in total. The van der Waals surface area contributed by atoms with Crippen molar-refractivity contribution in [2.24, 2.45) is 7.05 Å². The predicted molar refractivity (Wildman–Crippen MR) is 67.6 cm³/mol. The molecule has 7 nitrogen and oxygen atoms in total. The fraction of sp³-hybridized carbons (Fsp3) is 0.182. The Morgan fingerprint density at radius 2 is 2.00 bits per heavy atom. The van der Waals surface area contributed by atoms with Crippen LogP contribution in [0, 0.1) is 0 Å². The van der Waals surface area contributed by atoms with Gasteiger partial charge in [0, 0.05) is 7.05 Å². The summed E-state index contributed by atoms with van der Waals surface area (Å²) in [5, 5.41) is 0.400. The maximum atomic E-state index is 12.3. The summed E-state index contributed by atoms with van der Waals surface area (Å²) >= 11 is 3.23. The molecule has 2 heterocycles. The van der Waals surface area contributed by atoms with E-state index in [9.17, 15) is 14.4 Å². The second kappa shape index (κ2) is 3.95. The number of nitrogens with zero attached hydrogens (tertiary/aromatic N) is 3. The lowest BCUT2D eigenvalue weighted by atomic mass is 9.95. The van der Waals surface area contributed by atoms with Gasteiger partial charge in [-0.15, -0.1) is 0 Å². The molecule has 3 rings (SSSR count). The van der Waals surface area contributed by atoms with E-state index in [0.717, 1.165) is 6.33 Å². The maximum absolute atomic E-state index is 12.3. The van der Waals surface area contributed by atoms with E-state index in [2.05, 4.69) is 30.9 Å². The Hall–Kier alpha value is -2.09. The van der Waals surface area contributed by atoms with Gasteiger partial charge in [0.25, 0.3) is 5.56 Å². The molecule has 19 heavy (non-hydrogen) atoms. The highest BCUT2D eigenvalue weighted by molar-refractivity contribution is 9.08. The van der Waals surface area contributed by atoms with Gasteiger partial charge in [-0.25, -0.2) is 9.97 Å². The molecule has 0 saturated carbocycles. The molecule has 2 aromatic heterocycles. The summed E-state index contributed by atoms with van der Waals surface area (Å²) in [6.45, 7) is 0. The molecular weight excluding hydrogens is 316 g/mol. The average Bonchev–Trinajstić information content (AvgIpc) is 2.73. The molecule has 1 aliphatic rings. The minimum absolute atomic E-state index is 0.00736. The molecule has 0 aromatic carbocycles. The fourth-order valence-corrected chi connectivity index (χ4v) is 2.60. The zero-order chi connectivity index (χ0) is 13.7. The molecule has 1 aliphatic carbocycles. The summed E-state index contributed by atoms with van der Waals surface area (Å²) in [6.07, 6.45) is 1.11. The van der Waals surface area contributed by atoms with E-state index in [0.29, 0.717) is 11.2 Å². The molecule has 0 spiro atoms. The van der Waals surface area contributed by atoms with Crippen LogP contribution < -0.4 is 5.56 Å². The van der Waals surface area contributed by atoms with Crippen LogP contribution in [0.4, 0.5) is 0 Å². The lowest BCUT2D eigenvalue weighted by Crippen LogP contribution is -2.31. The van der Waals surface area contributed by atoms with Gasteiger partial charge in [-0.2, -0.15) is 0 Å². The molecule has 0 saturated heterocycles. The number of nitrogens with one attached hydrogen (secondary N) is 1. The molecule has 8 heteroatoms. The summed E-state index contributed by atoms with van der Waals surface area (Å²) in [5.41, 5.74) is -0.803. The Bertz CT molecular complexity index is 790. The number of fused-ring (bicyclic) bond motifs is 2. The summed E-state index contributed by atoms with van der Waals surface area (Å²) in [4.78, 5) is 46.4. The van der Waals surface area contributed by atoms with Gasteiger partial charge in [-0.1, -0.05) is 15.9 Å². The number of rotatable bonds is 1. The zero-order valence-corrected chi connectivity index (χ0v) is 11.3. The molecule has 0 amide bonds. The summed E-state index contributed by atoms with van der Waals surface area (Å²) in [5.74, 6) is -0.490. The third-order valence-electron chi connectivity index (χ3n) is 3.03. The number of imidazole rings is 1. The second-order valence-electron chi connectivity index (χ2n) is 4.03. The van der Waals surface area contributed by atoms with Crippen molar-refractivity contribution in [3.8, 4) is 0 Å². The van der Waals surface area contributed by atoms with Crippen LogP contribution in [0.1, 0.15) is 38.1 Å². The Morgan fingerprint density at radius 3 is 2.68 bits per heavy atom. The van der Waals surface area contributed by atoms with Crippen molar-refractivity contribution >= 4 is 27.5 Å². The highest BCUT2D eigenvalue weighted by Crippen LogP contribution is 2.24. The number of carbonyl (C=O) groups is 2. The van der Waals surface area contributed by atoms with Crippen LogP contribution >= 0.6 is 15.9 Å². The van der Waals surface area contributed by atoms with Crippen molar-refractivity contribution in [1.29, 1.82) is 0 Å². The fourth-order valence-electron chi connectivity index (χ4n) is 2.10. The van der Waals surface area contributed by atoms with Crippen molar-refractivity contribution in [2.75, 3.05) is 0 Å². The number of aromatic amines is 1. The largest absolute Gasteiger partial charge is 0.327 e. The van der Waals surface area contributed by atoms with E-state index in [1.54, 1.807) is 7.05 Å². The van der Waals surface area contributed by atoms with Crippen LogP contribution in [0.2, 0.25) is 0 Å². The number of H-pyrrole nitrogens is 1. The van der Waals surface area contributed by atoms with Gasteiger partial charge in [0.1, 0.15) is 28.5 Å². The number of alkyl halides is 1. The normalized spacial score (nSPS) is 13.4. The van der Waals surface area contributed by atoms with Gasteiger partial charge in [-0.3, -0.25) is 14.4 Å². The highest BCUT2D eigenvalue weighted by Gasteiger charge is 2.37. The van der Waals surface area contributed by atoms with Gasteiger partial charge < -0.3 is 9.55 Å². The van der Waals surface area contributed by atoms with Crippen LogP contribution in [-0.2, 0) is 12.4 Å². The Labute approximate surface area is 114 Å². The molecule has 0 fully saturated rings. The van der Waals surface area contributed by atoms with Gasteiger partial charge in [0.15, 0.2) is 0 Å². The van der Waals surface area contributed by atoms with Crippen molar-refractivity contribution in [3.63, 3.8) is 0 Å². The Balaban J connectivity index is 2.38. The molecular formula is C11H7BrN4O3. The van der Waals surface area contributed by atoms with E-state index in [1.807, 2.05) is 0 Å². The van der Waals surface area contributed by atoms with Crippen molar-refractivity contribution in [3.05, 3.63) is 45.2 Å². The molecule has 0 aliphatic heterocycles.